The number of nitro groups is 1. The predicted molar refractivity (Wildman–Crippen MR) is 55.3 cm³/mol. The van der Waals surface area contributed by atoms with Gasteiger partial charge in [0.2, 0.25) is 0 Å². The van der Waals surface area contributed by atoms with Crippen molar-refractivity contribution < 1.29 is 14.8 Å². The van der Waals surface area contributed by atoms with Gasteiger partial charge in [-0.2, -0.15) is 0 Å². The second-order valence-corrected chi connectivity index (χ2v) is 3.16. The lowest BCUT2D eigenvalue weighted by Gasteiger charge is -2.11. The lowest BCUT2D eigenvalue weighted by atomic mass is 10.1. The minimum Gasteiger partial charge on any atom is -0.496 e. The smallest absolute Gasteiger partial charge is 0.270 e. The maximum Gasteiger partial charge on any atom is 0.270 e. The lowest BCUT2D eigenvalue weighted by Crippen LogP contribution is -2.02. The average Bonchev–Trinajstić information content (AvgIpc) is 2.27. The highest BCUT2D eigenvalue weighted by Crippen LogP contribution is 2.29. The van der Waals surface area contributed by atoms with Gasteiger partial charge in [-0.1, -0.05) is 0 Å². The van der Waals surface area contributed by atoms with Gasteiger partial charge in [0.1, 0.15) is 5.75 Å². The van der Waals surface area contributed by atoms with Gasteiger partial charge in [0, 0.05) is 17.7 Å². The van der Waals surface area contributed by atoms with Crippen LogP contribution in [-0.2, 0) is 0 Å². The van der Waals surface area contributed by atoms with Gasteiger partial charge in [0.05, 0.1) is 24.0 Å². The molecule has 1 atom stereocenters. The molecule has 1 aromatic carbocycles. The zero-order chi connectivity index (χ0) is 11.4. The van der Waals surface area contributed by atoms with E-state index in [0.717, 1.165) is 0 Å². The molecule has 1 rings (SSSR count). The molecule has 0 amide bonds. The van der Waals surface area contributed by atoms with E-state index in [9.17, 15) is 15.2 Å². The molecule has 0 radical (unpaired) electrons. The third kappa shape index (κ3) is 2.57. The molecule has 1 N–H and O–H groups in total. The number of nitro benzene ring substituents is 1. The molecular weight excluding hydrogens is 222 g/mol. The Morgan fingerprint density at radius 3 is 2.80 bits per heavy atom. The first kappa shape index (κ1) is 11.7. The van der Waals surface area contributed by atoms with E-state index in [0.29, 0.717) is 11.3 Å². The first-order valence-corrected chi connectivity index (χ1v) is 4.70. The van der Waals surface area contributed by atoms with Crippen molar-refractivity contribution in [2.45, 2.75) is 6.10 Å². The monoisotopic (exact) mass is 231 g/mol. The molecule has 5 nitrogen and oxygen atoms in total. The molecule has 0 heterocycles. The molecular formula is C9H10ClNO4. The highest BCUT2D eigenvalue weighted by atomic mass is 35.5. The van der Waals surface area contributed by atoms with Gasteiger partial charge in [-0.25, -0.2) is 0 Å². The van der Waals surface area contributed by atoms with Crippen LogP contribution in [0.4, 0.5) is 5.69 Å². The Kier molecular flexibility index (Phi) is 3.88. The number of hydrogen-bond donors (Lipinski definition) is 1. The van der Waals surface area contributed by atoms with Crippen LogP contribution in [0.1, 0.15) is 11.7 Å². The van der Waals surface area contributed by atoms with Crippen LogP contribution in [0.15, 0.2) is 18.2 Å². The highest BCUT2D eigenvalue weighted by Gasteiger charge is 2.16. The maximum absolute atomic E-state index is 10.5. The Morgan fingerprint density at radius 1 is 1.67 bits per heavy atom. The molecule has 0 aromatic heterocycles. The molecule has 0 aliphatic heterocycles. The second-order valence-electron chi connectivity index (χ2n) is 2.85. The van der Waals surface area contributed by atoms with Gasteiger partial charge in [-0.15, -0.1) is 11.6 Å². The maximum atomic E-state index is 10.5. The van der Waals surface area contributed by atoms with Gasteiger partial charge in [-0.3, -0.25) is 10.1 Å². The normalized spacial score (nSPS) is 12.2. The van der Waals surface area contributed by atoms with E-state index in [2.05, 4.69) is 0 Å². The molecule has 15 heavy (non-hydrogen) atoms. The number of halogens is 1. The second kappa shape index (κ2) is 4.95. The number of nitrogens with zero attached hydrogens (tertiary/aromatic N) is 1. The van der Waals surface area contributed by atoms with Crippen molar-refractivity contribution in [3.05, 3.63) is 33.9 Å². The van der Waals surface area contributed by atoms with Crippen LogP contribution < -0.4 is 4.74 Å². The van der Waals surface area contributed by atoms with Crippen molar-refractivity contribution in [1.29, 1.82) is 0 Å². The lowest BCUT2D eigenvalue weighted by molar-refractivity contribution is -0.385. The van der Waals surface area contributed by atoms with Gasteiger partial charge in [0.25, 0.3) is 5.69 Å². The van der Waals surface area contributed by atoms with Gasteiger partial charge < -0.3 is 9.84 Å². The number of non-ortho nitro benzene ring substituents is 1. The number of hydrogen-bond acceptors (Lipinski definition) is 4. The quantitative estimate of drug-likeness (QED) is 0.488. The minimum absolute atomic E-state index is 0.0441. The number of aliphatic hydroxyl groups is 1. The van der Waals surface area contributed by atoms with Crippen molar-refractivity contribution >= 4 is 17.3 Å². The van der Waals surface area contributed by atoms with E-state index in [1.165, 1.54) is 25.3 Å². The van der Waals surface area contributed by atoms with Crippen molar-refractivity contribution in [2.24, 2.45) is 0 Å². The molecule has 6 heteroatoms. The van der Waals surface area contributed by atoms with E-state index in [-0.39, 0.29) is 11.6 Å². The van der Waals surface area contributed by atoms with E-state index >= 15 is 0 Å². The summed E-state index contributed by atoms with van der Waals surface area (Å²) in [5.74, 6) is 0.339. The highest BCUT2D eigenvalue weighted by molar-refractivity contribution is 6.18. The molecule has 0 fully saturated rings. The number of rotatable bonds is 4. The summed E-state index contributed by atoms with van der Waals surface area (Å²) in [5.41, 5.74) is 0.219. The summed E-state index contributed by atoms with van der Waals surface area (Å²) < 4.78 is 4.96. The van der Waals surface area contributed by atoms with E-state index < -0.39 is 11.0 Å². The van der Waals surface area contributed by atoms with Crippen LogP contribution in [0.25, 0.3) is 0 Å². The van der Waals surface area contributed by atoms with Crippen molar-refractivity contribution in [3.8, 4) is 5.75 Å². The average molecular weight is 232 g/mol. The van der Waals surface area contributed by atoms with Crippen molar-refractivity contribution in [1.82, 2.24) is 0 Å². The van der Waals surface area contributed by atoms with Crippen LogP contribution in [-0.4, -0.2) is 23.0 Å². The predicted octanol–water partition coefficient (Wildman–Crippen LogP) is 1.88. The Hall–Kier alpha value is -1.33. The third-order valence-corrected chi connectivity index (χ3v) is 2.22. The number of ether oxygens (including phenoxy) is 1. The van der Waals surface area contributed by atoms with Crippen molar-refractivity contribution in [2.75, 3.05) is 13.0 Å². The van der Waals surface area contributed by atoms with E-state index in [4.69, 9.17) is 16.3 Å². The van der Waals surface area contributed by atoms with E-state index in [1.54, 1.807) is 0 Å². The van der Waals surface area contributed by atoms with Gasteiger partial charge in [0.15, 0.2) is 0 Å². The van der Waals surface area contributed by atoms with Crippen LogP contribution >= 0.6 is 11.6 Å². The molecule has 0 spiro atoms. The van der Waals surface area contributed by atoms with Crippen LogP contribution in [0.3, 0.4) is 0 Å². The van der Waals surface area contributed by atoms with Crippen molar-refractivity contribution in [3.63, 3.8) is 0 Å². The number of benzene rings is 1. The summed E-state index contributed by atoms with van der Waals surface area (Å²) in [6.07, 6.45) is -0.971. The molecule has 0 bridgehead atoms. The number of methoxy groups -OCH3 is 1. The molecule has 1 aromatic rings. The summed E-state index contributed by atoms with van der Waals surface area (Å²) in [7, 11) is 1.42. The Bertz CT molecular complexity index is 369. The minimum atomic E-state index is -0.971. The molecule has 0 aliphatic rings. The Balaban J connectivity index is 3.18. The molecule has 82 valence electrons. The zero-order valence-electron chi connectivity index (χ0n) is 8.01. The summed E-state index contributed by atoms with van der Waals surface area (Å²) in [6.45, 7) is 0. The number of aliphatic hydroxyl groups excluding tert-OH is 1. The first-order valence-electron chi connectivity index (χ1n) is 4.16. The van der Waals surface area contributed by atoms with Gasteiger partial charge in [-0.05, 0) is 6.07 Å². The fraction of sp³-hybridized carbons (Fsp3) is 0.333. The summed E-state index contributed by atoms with van der Waals surface area (Å²) in [6, 6.07) is 4.00. The van der Waals surface area contributed by atoms with Gasteiger partial charge >= 0.3 is 0 Å². The Morgan fingerprint density at radius 2 is 2.33 bits per heavy atom. The summed E-state index contributed by atoms with van der Waals surface area (Å²) >= 11 is 5.47. The Labute approximate surface area is 91.4 Å². The molecule has 1 unspecified atom stereocenters. The molecule has 0 saturated heterocycles. The fourth-order valence-electron chi connectivity index (χ4n) is 1.18. The summed E-state index contributed by atoms with van der Waals surface area (Å²) in [5, 5.41) is 20.0. The summed E-state index contributed by atoms with van der Waals surface area (Å²) in [4.78, 5) is 9.98. The largest absolute Gasteiger partial charge is 0.496 e. The first-order chi connectivity index (χ1) is 7.10. The molecule has 0 saturated carbocycles. The third-order valence-electron chi connectivity index (χ3n) is 1.93. The number of alkyl halides is 1. The van der Waals surface area contributed by atoms with Crippen LogP contribution in [0, 0.1) is 10.1 Å². The molecule has 0 aliphatic carbocycles. The standard InChI is InChI=1S/C9H10ClNO4/c1-15-9-3-2-6(11(13)14)4-7(9)8(12)5-10/h2-4,8,12H,5H2,1H3. The fourth-order valence-corrected chi connectivity index (χ4v) is 1.35. The SMILES string of the molecule is COc1ccc([N+](=O)[O-])cc1C(O)CCl. The van der Waals surface area contributed by atoms with Crippen LogP contribution in [0.2, 0.25) is 0 Å². The van der Waals surface area contributed by atoms with E-state index in [1.807, 2.05) is 0 Å². The zero-order valence-corrected chi connectivity index (χ0v) is 8.77. The topological polar surface area (TPSA) is 72.6 Å². The van der Waals surface area contributed by atoms with Crippen LogP contribution in [0.5, 0.6) is 5.75 Å².